The maximum atomic E-state index is 12.0. The highest BCUT2D eigenvalue weighted by molar-refractivity contribution is 5.68. The molecule has 0 aliphatic carbocycles. The predicted octanol–water partition coefficient (Wildman–Crippen LogP) is 1.20. The van der Waals surface area contributed by atoms with Crippen LogP contribution in [0.1, 0.15) is 41.0 Å². The van der Waals surface area contributed by atoms with Crippen molar-refractivity contribution in [2.75, 3.05) is 19.8 Å². The third-order valence-electron chi connectivity index (χ3n) is 5.47. The summed E-state index contributed by atoms with van der Waals surface area (Å²) in [6, 6.07) is 0. The average Bonchev–Trinajstić information content (AvgIpc) is 2.61. The van der Waals surface area contributed by atoms with Gasteiger partial charge in [0, 0.05) is 18.3 Å². The van der Waals surface area contributed by atoms with Crippen molar-refractivity contribution in [3.05, 3.63) is 30.3 Å². The summed E-state index contributed by atoms with van der Waals surface area (Å²) in [6.45, 7) is 6.50. The molecule has 172 valence electrons. The molecule has 2 atom stereocenters. The molecule has 15 heteroatoms. The van der Waals surface area contributed by atoms with Gasteiger partial charge in [-0.2, -0.15) is 0 Å². The van der Waals surface area contributed by atoms with Gasteiger partial charge in [-0.15, -0.1) is 35.4 Å². The average molecular weight is 438 g/mol. The van der Waals surface area contributed by atoms with Crippen LogP contribution in [0, 0.1) is 48.1 Å². The van der Waals surface area contributed by atoms with E-state index in [1.807, 2.05) is 0 Å². The molecule has 1 aliphatic rings. The van der Waals surface area contributed by atoms with E-state index in [0.29, 0.717) is 0 Å². The molecule has 0 radical (unpaired) electrons. The number of hydroxylamine groups is 2. The van der Waals surface area contributed by atoms with E-state index in [2.05, 4.69) is 14.5 Å². The Hall–Kier alpha value is -2.97. The number of hydrogen-bond acceptors (Lipinski definition) is 12. The van der Waals surface area contributed by atoms with E-state index in [9.17, 15) is 35.1 Å². The second-order valence-corrected chi connectivity index (χ2v) is 7.85. The zero-order valence-corrected chi connectivity index (χ0v) is 17.3. The van der Waals surface area contributed by atoms with E-state index in [-0.39, 0.29) is 6.42 Å². The number of rotatable bonds is 11. The summed E-state index contributed by atoms with van der Waals surface area (Å²) >= 11 is 0. The zero-order valence-electron chi connectivity index (χ0n) is 17.3. The van der Waals surface area contributed by atoms with Crippen LogP contribution in [-0.2, 0) is 24.1 Å². The Balaban J connectivity index is 3.48. The topological polar surface area (TPSA) is 187 Å². The van der Waals surface area contributed by atoms with Gasteiger partial charge in [-0.25, -0.2) is 0 Å². The van der Waals surface area contributed by atoms with Crippen molar-refractivity contribution in [2.45, 2.75) is 52.1 Å². The summed E-state index contributed by atoms with van der Waals surface area (Å²) in [4.78, 5) is 63.5. The molecule has 0 aromatic rings. The maximum Gasteiger partial charge on any atom is 0.324 e. The largest absolute Gasteiger partial charge is 0.367 e. The van der Waals surface area contributed by atoms with Crippen LogP contribution >= 0.6 is 0 Å². The first-order valence-electron chi connectivity index (χ1n) is 9.08. The first-order valence-corrected chi connectivity index (χ1v) is 9.08. The third kappa shape index (κ3) is 5.77. The van der Waals surface area contributed by atoms with Gasteiger partial charge >= 0.3 is 5.97 Å². The lowest BCUT2D eigenvalue weighted by molar-refractivity contribution is -0.767. The van der Waals surface area contributed by atoms with Gasteiger partial charge in [0.25, 0.3) is 15.3 Å². The molecule has 1 aliphatic heterocycles. The molecule has 15 nitrogen and oxygen atoms in total. The number of hydrogen-bond donors (Lipinski definition) is 0. The molecule has 1 heterocycles. The minimum atomic E-state index is -1.12. The zero-order chi connectivity index (χ0) is 23.3. The van der Waals surface area contributed by atoms with Gasteiger partial charge in [-0.05, 0) is 33.6 Å². The number of carbonyl (C=O) groups excluding carboxylic acids is 1. The van der Waals surface area contributed by atoms with Gasteiger partial charge in [0.1, 0.15) is 19.8 Å². The molecular formula is C15H26N4O11. The van der Waals surface area contributed by atoms with E-state index in [1.54, 1.807) is 34.6 Å². The molecule has 2 unspecified atom stereocenters. The Morgan fingerprint density at radius 1 is 0.833 bits per heavy atom. The molecule has 1 fully saturated rings. The molecule has 0 bridgehead atoms. The lowest BCUT2D eigenvalue weighted by Gasteiger charge is -2.60. The van der Waals surface area contributed by atoms with Crippen LogP contribution < -0.4 is 0 Å². The van der Waals surface area contributed by atoms with Gasteiger partial charge < -0.3 is 19.4 Å². The van der Waals surface area contributed by atoms with E-state index < -0.39 is 69.9 Å². The predicted molar refractivity (Wildman–Crippen MR) is 95.7 cm³/mol. The summed E-state index contributed by atoms with van der Waals surface area (Å²) in [5.41, 5.74) is -2.25. The summed E-state index contributed by atoms with van der Waals surface area (Å²) in [5.74, 6) is -3.17. The van der Waals surface area contributed by atoms with Crippen molar-refractivity contribution >= 4 is 5.97 Å². The van der Waals surface area contributed by atoms with Crippen molar-refractivity contribution in [2.24, 2.45) is 17.8 Å². The smallest absolute Gasteiger partial charge is 0.324 e. The summed E-state index contributed by atoms with van der Waals surface area (Å²) < 4.78 is 0. The van der Waals surface area contributed by atoms with Crippen LogP contribution in [0.3, 0.4) is 0 Å². The second-order valence-electron chi connectivity index (χ2n) is 7.85. The molecule has 0 aromatic heterocycles. The van der Waals surface area contributed by atoms with Crippen LogP contribution in [-0.4, -0.2) is 57.2 Å². The SMILES string of the molecule is CCC(=O)ON1C(C)(C)C(CO[N+](=O)[O-])C(CO[N+](=O)[O-])C(CO[N+](=O)[O-])C1(C)C. The molecule has 0 spiro atoms. The molecule has 1 rings (SSSR count). The summed E-state index contributed by atoms with van der Waals surface area (Å²) in [5, 5.41) is 30.6. The van der Waals surface area contributed by atoms with Crippen LogP contribution in [0.15, 0.2) is 0 Å². The van der Waals surface area contributed by atoms with Gasteiger partial charge in [-0.3, -0.25) is 4.79 Å². The standard InChI is InChI=1S/C15H26N4O11/c1-6-13(20)30-16-14(2,3)11(8-28-18(23)24)10(7-27-17(21)22)12(15(16,4)5)9-29-19(25)26/h10-12H,6-9H2,1-5H3. The fourth-order valence-corrected chi connectivity index (χ4v) is 4.09. The Morgan fingerprint density at radius 2 is 1.20 bits per heavy atom. The van der Waals surface area contributed by atoms with Gasteiger partial charge in [-0.1, -0.05) is 6.92 Å². The van der Waals surface area contributed by atoms with Crippen molar-refractivity contribution < 1.29 is 39.4 Å². The summed E-state index contributed by atoms with van der Waals surface area (Å²) in [7, 11) is 0. The molecular weight excluding hydrogens is 412 g/mol. The van der Waals surface area contributed by atoms with Crippen molar-refractivity contribution in [3.8, 4) is 0 Å². The fourth-order valence-electron chi connectivity index (χ4n) is 4.09. The quantitative estimate of drug-likeness (QED) is 0.332. The van der Waals surface area contributed by atoms with Crippen molar-refractivity contribution in [1.82, 2.24) is 5.06 Å². The Morgan fingerprint density at radius 3 is 1.53 bits per heavy atom. The highest BCUT2D eigenvalue weighted by Gasteiger charge is 2.59. The van der Waals surface area contributed by atoms with Gasteiger partial charge in [0.2, 0.25) is 0 Å². The summed E-state index contributed by atoms with van der Waals surface area (Å²) in [6.07, 6.45) is 0.0304. The molecule has 1 saturated heterocycles. The van der Waals surface area contributed by atoms with Gasteiger partial charge in [0.15, 0.2) is 0 Å². The van der Waals surface area contributed by atoms with Gasteiger partial charge in [0.05, 0.1) is 11.1 Å². The van der Waals surface area contributed by atoms with E-state index in [0.717, 1.165) is 0 Å². The lowest BCUT2D eigenvalue weighted by Crippen LogP contribution is -2.71. The van der Waals surface area contributed by atoms with E-state index >= 15 is 0 Å². The minimum absolute atomic E-state index is 0.0304. The van der Waals surface area contributed by atoms with Crippen LogP contribution in [0.2, 0.25) is 0 Å². The van der Waals surface area contributed by atoms with E-state index in [1.165, 1.54) is 5.06 Å². The van der Waals surface area contributed by atoms with Crippen LogP contribution in [0.25, 0.3) is 0 Å². The second kappa shape index (κ2) is 9.69. The molecule has 0 amide bonds. The first-order chi connectivity index (χ1) is 13.7. The Bertz CT molecular complexity index is 631. The van der Waals surface area contributed by atoms with E-state index in [4.69, 9.17) is 4.84 Å². The fraction of sp³-hybridized carbons (Fsp3) is 0.933. The highest BCUT2D eigenvalue weighted by atomic mass is 17.0. The lowest BCUT2D eigenvalue weighted by atomic mass is 9.62. The Labute approximate surface area is 171 Å². The van der Waals surface area contributed by atoms with Crippen LogP contribution in [0.5, 0.6) is 0 Å². The molecule has 0 aromatic carbocycles. The third-order valence-corrected chi connectivity index (χ3v) is 5.47. The minimum Gasteiger partial charge on any atom is -0.367 e. The molecule has 30 heavy (non-hydrogen) atoms. The molecule has 0 N–H and O–H groups in total. The number of piperidine rings is 1. The molecule has 0 saturated carbocycles. The maximum absolute atomic E-state index is 12.0. The monoisotopic (exact) mass is 438 g/mol. The number of carbonyl (C=O) groups is 1. The van der Waals surface area contributed by atoms with Crippen molar-refractivity contribution in [1.29, 1.82) is 0 Å². The Kier molecular flexibility index (Phi) is 8.09. The van der Waals surface area contributed by atoms with Crippen molar-refractivity contribution in [3.63, 3.8) is 0 Å². The van der Waals surface area contributed by atoms with Crippen LogP contribution in [0.4, 0.5) is 0 Å². The number of nitrogens with zero attached hydrogens (tertiary/aromatic N) is 4. The normalized spacial score (nSPS) is 25.0. The highest BCUT2D eigenvalue weighted by Crippen LogP contribution is 2.49. The first kappa shape index (κ1) is 25.1.